The summed E-state index contributed by atoms with van der Waals surface area (Å²) in [6.45, 7) is 7.00. The van der Waals surface area contributed by atoms with Crippen LogP contribution in [0.4, 0.5) is 0 Å². The molecule has 0 atom stereocenters. The Morgan fingerprint density at radius 2 is 2.07 bits per heavy atom. The Bertz CT molecular complexity index is 1070. The van der Waals surface area contributed by atoms with Crippen molar-refractivity contribution >= 4 is 28.2 Å². The van der Waals surface area contributed by atoms with Crippen molar-refractivity contribution in [2.75, 3.05) is 19.8 Å². The van der Waals surface area contributed by atoms with E-state index in [1.165, 1.54) is 0 Å². The van der Waals surface area contributed by atoms with Gasteiger partial charge in [0.1, 0.15) is 23.7 Å². The number of benzene rings is 1. The van der Waals surface area contributed by atoms with Gasteiger partial charge in [0.2, 0.25) is 0 Å². The minimum Gasteiger partial charge on any atom is -0.488 e. The molecule has 1 aliphatic rings. The summed E-state index contributed by atoms with van der Waals surface area (Å²) in [6, 6.07) is 3.70. The SMILES string of the molecule is Cc1ncsc1COc1ccc2oc(C)c(C(=O)NC3(CO)CCOCC3)c2c1C. The van der Waals surface area contributed by atoms with Gasteiger partial charge in [0.25, 0.3) is 5.91 Å². The van der Waals surface area contributed by atoms with E-state index in [0.29, 0.717) is 55.3 Å². The van der Waals surface area contributed by atoms with Crippen LogP contribution < -0.4 is 10.1 Å². The lowest BCUT2D eigenvalue weighted by atomic mass is 9.90. The molecule has 3 aromatic rings. The van der Waals surface area contributed by atoms with Gasteiger partial charge in [-0.25, -0.2) is 4.98 Å². The second kappa shape index (κ2) is 8.37. The maximum absolute atomic E-state index is 13.3. The van der Waals surface area contributed by atoms with Gasteiger partial charge in [-0.3, -0.25) is 4.79 Å². The lowest BCUT2D eigenvalue weighted by Crippen LogP contribution is -2.54. The van der Waals surface area contributed by atoms with Crippen LogP contribution in [0, 0.1) is 20.8 Å². The second-order valence-electron chi connectivity index (χ2n) is 7.75. The van der Waals surface area contributed by atoms with Gasteiger partial charge in [0.05, 0.1) is 33.8 Å². The molecular formula is C22H26N2O5S. The van der Waals surface area contributed by atoms with Crippen LogP contribution in [-0.4, -0.2) is 41.4 Å². The normalized spacial score (nSPS) is 16.0. The van der Waals surface area contributed by atoms with Crippen LogP contribution in [0.15, 0.2) is 22.1 Å². The van der Waals surface area contributed by atoms with Crippen LogP contribution in [0.2, 0.25) is 0 Å². The predicted molar refractivity (Wildman–Crippen MR) is 114 cm³/mol. The summed E-state index contributed by atoms with van der Waals surface area (Å²) in [7, 11) is 0. The first-order valence-electron chi connectivity index (χ1n) is 10.00. The number of aliphatic hydroxyl groups excluding tert-OH is 1. The van der Waals surface area contributed by atoms with E-state index in [1.807, 2.05) is 26.0 Å². The molecule has 0 saturated carbocycles. The van der Waals surface area contributed by atoms with Crippen LogP contribution in [0.5, 0.6) is 5.75 Å². The van der Waals surface area contributed by atoms with Crippen molar-refractivity contribution in [1.82, 2.24) is 10.3 Å². The predicted octanol–water partition coefficient (Wildman–Crippen LogP) is 3.66. The minimum atomic E-state index is -0.670. The maximum Gasteiger partial charge on any atom is 0.255 e. The number of furan rings is 1. The number of amides is 1. The Labute approximate surface area is 179 Å². The van der Waals surface area contributed by atoms with Crippen molar-refractivity contribution in [2.45, 2.75) is 45.8 Å². The first-order valence-corrected chi connectivity index (χ1v) is 10.9. The monoisotopic (exact) mass is 430 g/mol. The van der Waals surface area contributed by atoms with E-state index in [4.69, 9.17) is 13.9 Å². The smallest absolute Gasteiger partial charge is 0.255 e. The quantitative estimate of drug-likeness (QED) is 0.620. The number of fused-ring (bicyclic) bond motifs is 1. The first kappa shape index (κ1) is 20.8. The molecule has 2 N–H and O–H groups in total. The zero-order chi connectivity index (χ0) is 21.3. The van der Waals surface area contributed by atoms with Crippen LogP contribution in [0.3, 0.4) is 0 Å². The summed E-state index contributed by atoms with van der Waals surface area (Å²) in [5, 5.41) is 13.7. The molecule has 1 aliphatic heterocycles. The molecule has 1 saturated heterocycles. The molecule has 1 aromatic carbocycles. The molecule has 0 aliphatic carbocycles. The van der Waals surface area contributed by atoms with Crippen molar-refractivity contribution in [1.29, 1.82) is 0 Å². The molecular weight excluding hydrogens is 404 g/mol. The number of hydrogen-bond donors (Lipinski definition) is 2. The number of ether oxygens (including phenoxy) is 2. The lowest BCUT2D eigenvalue weighted by Gasteiger charge is -2.36. The fourth-order valence-electron chi connectivity index (χ4n) is 3.88. The van der Waals surface area contributed by atoms with Crippen molar-refractivity contribution in [3.8, 4) is 5.75 Å². The number of aromatic nitrogens is 1. The van der Waals surface area contributed by atoms with E-state index in [9.17, 15) is 9.90 Å². The average Bonchev–Trinajstić information content (AvgIpc) is 3.30. The zero-order valence-electron chi connectivity index (χ0n) is 17.4. The number of carbonyl (C=O) groups is 1. The van der Waals surface area contributed by atoms with Gasteiger partial charge < -0.3 is 24.3 Å². The maximum atomic E-state index is 13.3. The van der Waals surface area contributed by atoms with Crippen molar-refractivity contribution < 1.29 is 23.8 Å². The van der Waals surface area contributed by atoms with E-state index >= 15 is 0 Å². The molecule has 30 heavy (non-hydrogen) atoms. The third-order valence-corrected chi connectivity index (χ3v) is 6.71. The third kappa shape index (κ3) is 3.82. The van der Waals surface area contributed by atoms with Gasteiger partial charge >= 0.3 is 0 Å². The van der Waals surface area contributed by atoms with Gasteiger partial charge in [-0.15, -0.1) is 11.3 Å². The molecule has 0 spiro atoms. The first-order chi connectivity index (χ1) is 14.4. The molecule has 0 bridgehead atoms. The zero-order valence-corrected chi connectivity index (χ0v) is 18.2. The Balaban J connectivity index is 1.65. The highest BCUT2D eigenvalue weighted by Gasteiger charge is 2.35. The summed E-state index contributed by atoms with van der Waals surface area (Å²) in [5.74, 6) is 0.995. The highest BCUT2D eigenvalue weighted by Crippen LogP contribution is 2.35. The van der Waals surface area contributed by atoms with Gasteiger partial charge in [-0.2, -0.15) is 0 Å². The topological polar surface area (TPSA) is 93.8 Å². The Kier molecular flexibility index (Phi) is 5.81. The molecule has 8 heteroatoms. The van der Waals surface area contributed by atoms with E-state index in [-0.39, 0.29) is 12.5 Å². The highest BCUT2D eigenvalue weighted by molar-refractivity contribution is 7.09. The van der Waals surface area contributed by atoms with Gasteiger partial charge in [-0.05, 0) is 45.7 Å². The summed E-state index contributed by atoms with van der Waals surface area (Å²) in [4.78, 5) is 18.6. The standard InChI is InChI=1S/C22H26N2O5S/c1-13-16(28-10-18-14(2)23-12-30-18)4-5-17-19(13)20(15(3)29-17)21(26)24-22(11-25)6-8-27-9-7-22/h4-5,12,25H,6-11H2,1-3H3,(H,24,26). The minimum absolute atomic E-state index is 0.127. The summed E-state index contributed by atoms with van der Waals surface area (Å²) in [6.07, 6.45) is 1.15. The molecule has 0 unspecified atom stereocenters. The van der Waals surface area contributed by atoms with E-state index in [0.717, 1.165) is 21.5 Å². The van der Waals surface area contributed by atoms with E-state index < -0.39 is 5.54 Å². The fourth-order valence-corrected chi connectivity index (χ4v) is 4.57. The summed E-state index contributed by atoms with van der Waals surface area (Å²) >= 11 is 1.56. The molecule has 7 nitrogen and oxygen atoms in total. The number of rotatable bonds is 6. The lowest BCUT2D eigenvalue weighted by molar-refractivity contribution is 0.0125. The van der Waals surface area contributed by atoms with Crippen LogP contribution in [0.25, 0.3) is 11.0 Å². The Morgan fingerprint density at radius 3 is 2.73 bits per heavy atom. The number of aliphatic hydroxyl groups is 1. The van der Waals surface area contributed by atoms with E-state index in [1.54, 1.807) is 23.8 Å². The highest BCUT2D eigenvalue weighted by atomic mass is 32.1. The number of hydrogen-bond acceptors (Lipinski definition) is 7. The number of aryl methyl sites for hydroxylation is 3. The van der Waals surface area contributed by atoms with Crippen molar-refractivity contribution in [3.63, 3.8) is 0 Å². The number of thiazole rings is 1. The summed E-state index contributed by atoms with van der Waals surface area (Å²) < 4.78 is 17.3. The molecule has 160 valence electrons. The van der Waals surface area contributed by atoms with Gasteiger partial charge in [0.15, 0.2) is 0 Å². The molecule has 2 aromatic heterocycles. The van der Waals surface area contributed by atoms with Crippen LogP contribution in [-0.2, 0) is 11.3 Å². The molecule has 4 rings (SSSR count). The van der Waals surface area contributed by atoms with E-state index in [2.05, 4.69) is 10.3 Å². The molecule has 1 fully saturated rings. The van der Waals surface area contributed by atoms with Crippen molar-refractivity contribution in [3.05, 3.63) is 45.1 Å². The average molecular weight is 431 g/mol. The van der Waals surface area contributed by atoms with Crippen LogP contribution >= 0.6 is 11.3 Å². The molecule has 3 heterocycles. The molecule has 0 radical (unpaired) electrons. The number of nitrogens with one attached hydrogen (secondary N) is 1. The van der Waals surface area contributed by atoms with Gasteiger partial charge in [0, 0.05) is 24.2 Å². The number of carbonyl (C=O) groups excluding carboxylic acids is 1. The number of nitrogens with zero attached hydrogens (tertiary/aromatic N) is 1. The third-order valence-electron chi connectivity index (χ3n) is 5.80. The Morgan fingerprint density at radius 1 is 1.30 bits per heavy atom. The summed E-state index contributed by atoms with van der Waals surface area (Å²) in [5.41, 5.74) is 4.07. The largest absolute Gasteiger partial charge is 0.488 e. The van der Waals surface area contributed by atoms with Crippen molar-refractivity contribution in [2.24, 2.45) is 0 Å². The molecule has 1 amide bonds. The van der Waals surface area contributed by atoms with Gasteiger partial charge in [-0.1, -0.05) is 0 Å². The Hall–Kier alpha value is -2.42. The fraction of sp³-hybridized carbons (Fsp3) is 0.455. The van der Waals surface area contributed by atoms with Crippen LogP contribution in [0.1, 0.15) is 45.1 Å². The second-order valence-corrected chi connectivity index (χ2v) is 8.69.